The first kappa shape index (κ1) is 14.3. The van der Waals surface area contributed by atoms with Gasteiger partial charge in [-0.05, 0) is 38.0 Å². The molecule has 1 amide bonds. The smallest absolute Gasteiger partial charge is 0.267 e. The third-order valence-electron chi connectivity index (χ3n) is 3.30. The molecule has 1 aliphatic rings. The molecule has 2 rings (SSSR count). The Morgan fingerprint density at radius 1 is 1.45 bits per heavy atom. The quantitative estimate of drug-likeness (QED) is 0.847. The van der Waals surface area contributed by atoms with Gasteiger partial charge in [0.25, 0.3) is 5.91 Å². The van der Waals surface area contributed by atoms with Gasteiger partial charge in [-0.25, -0.2) is 0 Å². The maximum Gasteiger partial charge on any atom is 0.267 e. The van der Waals surface area contributed by atoms with Crippen LogP contribution in [0, 0.1) is 0 Å². The summed E-state index contributed by atoms with van der Waals surface area (Å²) in [5, 5.41) is 0. The number of amides is 1. The van der Waals surface area contributed by atoms with E-state index >= 15 is 0 Å². The first-order chi connectivity index (χ1) is 9.49. The lowest BCUT2D eigenvalue weighted by Crippen LogP contribution is -2.41. The second-order valence-corrected chi connectivity index (χ2v) is 5.03. The lowest BCUT2D eigenvalue weighted by Gasteiger charge is -2.30. The van der Waals surface area contributed by atoms with Crippen molar-refractivity contribution in [2.24, 2.45) is 0 Å². The molecule has 0 N–H and O–H groups in total. The molecule has 1 unspecified atom stereocenters. The van der Waals surface area contributed by atoms with Gasteiger partial charge in [0.1, 0.15) is 11.5 Å². The molecule has 1 aromatic rings. The number of Topliss-reactive ketones (excluding diaryl/α,β-unsaturated/α-hetero) is 1. The maximum absolute atomic E-state index is 11.9. The zero-order valence-corrected chi connectivity index (χ0v) is 12.1. The molecule has 1 aromatic carbocycles. The Morgan fingerprint density at radius 2 is 2.20 bits per heavy atom. The minimum absolute atomic E-state index is 0.0461. The summed E-state index contributed by atoms with van der Waals surface area (Å²) in [6.07, 6.45) is 4.77. The van der Waals surface area contributed by atoms with Crippen LogP contribution >= 0.6 is 0 Å². The van der Waals surface area contributed by atoms with Crippen molar-refractivity contribution in [3.05, 3.63) is 29.8 Å². The largest absolute Gasteiger partial charge is 0.479 e. The standard InChI is InChI=1S/C16H19NO3/c1-11(18)6-4-5-7-13-8-9-15-14(10-13)17(3)16(19)12(2)20-15/h5,7-10,12H,4,6H2,1-3H3/b7-5+. The van der Waals surface area contributed by atoms with Crippen molar-refractivity contribution in [2.75, 3.05) is 11.9 Å². The van der Waals surface area contributed by atoms with Crippen LogP contribution in [0.3, 0.4) is 0 Å². The highest BCUT2D eigenvalue weighted by molar-refractivity contribution is 5.99. The molecule has 0 radical (unpaired) electrons. The Bertz CT molecular complexity index is 563. The molecule has 0 spiro atoms. The summed E-state index contributed by atoms with van der Waals surface area (Å²) in [6.45, 7) is 3.34. The minimum atomic E-state index is -0.440. The van der Waals surface area contributed by atoms with E-state index < -0.39 is 6.10 Å². The summed E-state index contributed by atoms with van der Waals surface area (Å²) < 4.78 is 5.57. The molecule has 0 aromatic heterocycles. The number of hydrogen-bond donors (Lipinski definition) is 0. The molecule has 0 bridgehead atoms. The number of anilines is 1. The molecular formula is C16H19NO3. The molecule has 0 saturated carbocycles. The number of nitrogens with zero attached hydrogens (tertiary/aromatic N) is 1. The second kappa shape index (κ2) is 5.90. The SMILES string of the molecule is CC(=O)CC/C=C/c1ccc2c(c1)N(C)C(=O)C(C)O2. The predicted octanol–water partition coefficient (Wildman–Crippen LogP) is 2.81. The van der Waals surface area contributed by atoms with Crippen LogP contribution in [0.4, 0.5) is 5.69 Å². The van der Waals surface area contributed by atoms with E-state index in [1.165, 1.54) is 0 Å². The van der Waals surface area contributed by atoms with E-state index in [9.17, 15) is 9.59 Å². The average Bonchev–Trinajstić information content (AvgIpc) is 2.41. The van der Waals surface area contributed by atoms with Gasteiger partial charge in [0.15, 0.2) is 6.10 Å². The Kier molecular flexibility index (Phi) is 4.23. The lowest BCUT2D eigenvalue weighted by atomic mass is 10.1. The topological polar surface area (TPSA) is 46.6 Å². The fourth-order valence-corrected chi connectivity index (χ4v) is 2.14. The number of carbonyl (C=O) groups is 2. The normalized spacial score (nSPS) is 18.1. The molecule has 4 heteroatoms. The molecule has 106 valence electrons. The zero-order valence-electron chi connectivity index (χ0n) is 12.1. The van der Waals surface area contributed by atoms with Gasteiger partial charge in [-0.2, -0.15) is 0 Å². The summed E-state index contributed by atoms with van der Waals surface area (Å²) >= 11 is 0. The fraction of sp³-hybridized carbons (Fsp3) is 0.375. The Labute approximate surface area is 119 Å². The van der Waals surface area contributed by atoms with E-state index in [2.05, 4.69) is 0 Å². The van der Waals surface area contributed by atoms with Gasteiger partial charge in [-0.15, -0.1) is 0 Å². The predicted molar refractivity (Wildman–Crippen MR) is 78.9 cm³/mol. The van der Waals surface area contributed by atoms with E-state index in [-0.39, 0.29) is 11.7 Å². The summed E-state index contributed by atoms with van der Waals surface area (Å²) in [5.41, 5.74) is 1.77. The highest BCUT2D eigenvalue weighted by Crippen LogP contribution is 2.34. The van der Waals surface area contributed by atoms with Crippen molar-refractivity contribution in [1.29, 1.82) is 0 Å². The molecular weight excluding hydrogens is 254 g/mol. The van der Waals surface area contributed by atoms with Gasteiger partial charge in [0, 0.05) is 13.5 Å². The highest BCUT2D eigenvalue weighted by atomic mass is 16.5. The lowest BCUT2D eigenvalue weighted by molar-refractivity contribution is -0.125. The molecule has 1 aliphatic heterocycles. The van der Waals surface area contributed by atoms with E-state index in [0.717, 1.165) is 23.4 Å². The van der Waals surface area contributed by atoms with E-state index in [0.29, 0.717) is 6.42 Å². The van der Waals surface area contributed by atoms with Gasteiger partial charge in [-0.3, -0.25) is 4.79 Å². The molecule has 20 heavy (non-hydrogen) atoms. The maximum atomic E-state index is 11.9. The number of hydrogen-bond acceptors (Lipinski definition) is 3. The van der Waals surface area contributed by atoms with Gasteiger partial charge in [-0.1, -0.05) is 18.2 Å². The van der Waals surface area contributed by atoms with Crippen LogP contribution in [0.2, 0.25) is 0 Å². The van der Waals surface area contributed by atoms with Crippen molar-refractivity contribution in [2.45, 2.75) is 32.8 Å². The summed E-state index contributed by atoms with van der Waals surface area (Å²) in [6, 6.07) is 5.74. The monoisotopic (exact) mass is 273 g/mol. The van der Waals surface area contributed by atoms with E-state index in [1.54, 1.807) is 25.8 Å². The van der Waals surface area contributed by atoms with Crippen LogP contribution in [0.1, 0.15) is 32.3 Å². The van der Waals surface area contributed by atoms with E-state index in [4.69, 9.17) is 4.74 Å². The number of benzene rings is 1. The molecule has 0 saturated heterocycles. The number of ether oxygens (including phenoxy) is 1. The van der Waals surface area contributed by atoms with Gasteiger partial charge in [0.2, 0.25) is 0 Å². The van der Waals surface area contributed by atoms with Crippen LogP contribution in [0.5, 0.6) is 5.75 Å². The number of carbonyl (C=O) groups excluding carboxylic acids is 2. The van der Waals surface area contributed by atoms with Crippen LogP contribution in [0.15, 0.2) is 24.3 Å². The number of ketones is 1. The molecule has 1 heterocycles. The highest BCUT2D eigenvalue weighted by Gasteiger charge is 2.28. The summed E-state index contributed by atoms with van der Waals surface area (Å²) in [4.78, 5) is 24.4. The van der Waals surface area contributed by atoms with Crippen LogP contribution in [-0.2, 0) is 9.59 Å². The summed E-state index contributed by atoms with van der Waals surface area (Å²) in [5.74, 6) is 0.864. The molecule has 0 fully saturated rings. The molecule has 4 nitrogen and oxygen atoms in total. The zero-order chi connectivity index (χ0) is 14.7. The van der Waals surface area contributed by atoms with Gasteiger partial charge in [0.05, 0.1) is 5.69 Å². The van der Waals surface area contributed by atoms with Crippen LogP contribution in [-0.4, -0.2) is 24.8 Å². The van der Waals surface area contributed by atoms with Crippen LogP contribution < -0.4 is 9.64 Å². The van der Waals surface area contributed by atoms with E-state index in [1.807, 2.05) is 30.4 Å². The number of likely N-dealkylation sites (N-methyl/N-ethyl adjacent to an activating group) is 1. The van der Waals surface area contributed by atoms with Crippen molar-refractivity contribution >= 4 is 23.5 Å². The first-order valence-electron chi connectivity index (χ1n) is 6.73. The van der Waals surface area contributed by atoms with Crippen molar-refractivity contribution in [3.63, 3.8) is 0 Å². The van der Waals surface area contributed by atoms with Crippen molar-refractivity contribution in [1.82, 2.24) is 0 Å². The third-order valence-corrected chi connectivity index (χ3v) is 3.30. The van der Waals surface area contributed by atoms with Gasteiger partial charge >= 0.3 is 0 Å². The van der Waals surface area contributed by atoms with Crippen molar-refractivity contribution < 1.29 is 14.3 Å². The first-order valence-corrected chi connectivity index (χ1v) is 6.73. The number of rotatable bonds is 4. The Balaban J connectivity index is 2.15. The molecule has 1 atom stereocenters. The Morgan fingerprint density at radius 3 is 2.90 bits per heavy atom. The summed E-state index contributed by atoms with van der Waals surface area (Å²) in [7, 11) is 1.75. The minimum Gasteiger partial charge on any atom is -0.479 e. The second-order valence-electron chi connectivity index (χ2n) is 5.03. The third kappa shape index (κ3) is 3.07. The van der Waals surface area contributed by atoms with Crippen LogP contribution in [0.25, 0.3) is 6.08 Å². The van der Waals surface area contributed by atoms with Gasteiger partial charge < -0.3 is 14.4 Å². The fourth-order valence-electron chi connectivity index (χ4n) is 2.14. The molecule has 0 aliphatic carbocycles. The van der Waals surface area contributed by atoms with Crippen molar-refractivity contribution in [3.8, 4) is 5.75 Å². The average molecular weight is 273 g/mol. The number of allylic oxidation sites excluding steroid dienone is 1. The number of fused-ring (bicyclic) bond motifs is 1. The Hall–Kier alpha value is -2.10.